The molecule has 0 aliphatic rings. The van der Waals surface area contributed by atoms with Crippen LogP contribution < -0.4 is 5.73 Å². The van der Waals surface area contributed by atoms with Gasteiger partial charge in [-0.2, -0.15) is 0 Å². The summed E-state index contributed by atoms with van der Waals surface area (Å²) >= 11 is 0. The molecule has 112 valence electrons. The molecule has 0 heterocycles. The van der Waals surface area contributed by atoms with Gasteiger partial charge in [0, 0.05) is 5.69 Å². The number of anilines is 1. The molecule has 1 heteroatoms. The molecule has 1 nitrogen and oxygen atoms in total. The Hall–Kier alpha value is -1.76. The molecule has 0 aromatic heterocycles. The molecule has 0 spiro atoms. The summed E-state index contributed by atoms with van der Waals surface area (Å²) in [5, 5.41) is 0. The van der Waals surface area contributed by atoms with Gasteiger partial charge in [0.15, 0.2) is 0 Å². The minimum absolute atomic E-state index is 0.0709. The smallest absolute Gasteiger partial charge is 0.0323 e. The number of hydrogen-bond acceptors (Lipinski definition) is 1. The molecule has 21 heavy (non-hydrogen) atoms. The van der Waals surface area contributed by atoms with Crippen LogP contribution in [0.15, 0.2) is 42.5 Å². The summed E-state index contributed by atoms with van der Waals surface area (Å²) in [7, 11) is 0. The predicted octanol–water partition coefficient (Wildman–Crippen LogP) is 5.53. The van der Waals surface area contributed by atoms with Crippen LogP contribution in [0.4, 0.5) is 5.69 Å². The van der Waals surface area contributed by atoms with Gasteiger partial charge < -0.3 is 5.73 Å². The third-order valence-electron chi connectivity index (χ3n) is 3.80. The lowest BCUT2D eigenvalue weighted by Gasteiger charge is -2.33. The zero-order valence-electron chi connectivity index (χ0n) is 14.1. The van der Waals surface area contributed by atoms with Gasteiger partial charge in [0.2, 0.25) is 0 Å². The van der Waals surface area contributed by atoms with Crippen LogP contribution in [0.2, 0.25) is 0 Å². The summed E-state index contributed by atoms with van der Waals surface area (Å²) in [6.45, 7) is 13.6. The molecule has 0 radical (unpaired) electrons. The van der Waals surface area contributed by atoms with Gasteiger partial charge in [-0.25, -0.2) is 0 Å². The van der Waals surface area contributed by atoms with Crippen molar-refractivity contribution < 1.29 is 0 Å². The van der Waals surface area contributed by atoms with Gasteiger partial charge in [-0.3, -0.25) is 0 Å². The molecule has 0 fully saturated rings. The second-order valence-corrected chi connectivity index (χ2v) is 7.86. The number of benzene rings is 2. The molecule has 2 aromatic rings. The predicted molar refractivity (Wildman–Crippen MR) is 93.7 cm³/mol. The third kappa shape index (κ3) is 3.29. The van der Waals surface area contributed by atoms with E-state index < -0.39 is 0 Å². The van der Waals surface area contributed by atoms with E-state index in [1.807, 2.05) is 0 Å². The molecule has 2 N–H and O–H groups in total. The van der Waals surface area contributed by atoms with Gasteiger partial charge in [0.25, 0.3) is 0 Å². The quantitative estimate of drug-likeness (QED) is 0.683. The van der Waals surface area contributed by atoms with E-state index in [1.54, 1.807) is 0 Å². The van der Waals surface area contributed by atoms with E-state index in [0.717, 1.165) is 5.69 Å². The number of rotatable bonds is 1. The van der Waals surface area contributed by atoms with Crippen LogP contribution in [0, 0.1) is 0 Å². The van der Waals surface area contributed by atoms with Gasteiger partial charge >= 0.3 is 0 Å². The summed E-state index contributed by atoms with van der Waals surface area (Å²) in [5.74, 6) is 0. The molecule has 0 unspecified atom stereocenters. The van der Waals surface area contributed by atoms with Crippen LogP contribution in [0.1, 0.15) is 52.7 Å². The first-order valence-corrected chi connectivity index (χ1v) is 7.60. The fourth-order valence-electron chi connectivity index (χ4n) is 2.91. The van der Waals surface area contributed by atoms with Crippen molar-refractivity contribution in [2.24, 2.45) is 0 Å². The van der Waals surface area contributed by atoms with Gasteiger partial charge in [-0.1, -0.05) is 71.9 Å². The zero-order chi connectivity index (χ0) is 15.8. The van der Waals surface area contributed by atoms with Gasteiger partial charge in [0.1, 0.15) is 0 Å². The van der Waals surface area contributed by atoms with Gasteiger partial charge in [-0.15, -0.1) is 0 Å². The molecule has 2 rings (SSSR count). The second-order valence-electron chi connectivity index (χ2n) is 7.86. The monoisotopic (exact) mass is 281 g/mol. The molecule has 2 aromatic carbocycles. The van der Waals surface area contributed by atoms with Crippen molar-refractivity contribution in [1.29, 1.82) is 0 Å². The van der Waals surface area contributed by atoms with Crippen LogP contribution in [0.3, 0.4) is 0 Å². The maximum atomic E-state index is 6.21. The third-order valence-corrected chi connectivity index (χ3v) is 3.80. The lowest BCUT2D eigenvalue weighted by Crippen LogP contribution is -2.23. The molecular formula is C20H27N. The standard InChI is InChI=1S/C20H27N/c1-19(2,3)17-13-15(21)12-16(18(17)20(4,5)6)14-10-8-7-9-11-14/h7-13H,21H2,1-6H3. The molecular weight excluding hydrogens is 254 g/mol. The van der Waals surface area contributed by atoms with Crippen LogP contribution in [-0.4, -0.2) is 0 Å². The van der Waals surface area contributed by atoms with Crippen molar-refractivity contribution in [1.82, 2.24) is 0 Å². The minimum Gasteiger partial charge on any atom is -0.399 e. The Balaban J connectivity index is 2.85. The molecule has 0 aliphatic heterocycles. The summed E-state index contributed by atoms with van der Waals surface area (Å²) in [5.41, 5.74) is 12.4. The Bertz CT molecular complexity index is 625. The van der Waals surface area contributed by atoms with E-state index >= 15 is 0 Å². The highest BCUT2D eigenvalue weighted by molar-refractivity contribution is 5.74. The first kappa shape index (κ1) is 15.6. The largest absolute Gasteiger partial charge is 0.399 e. The Morgan fingerprint density at radius 3 is 1.81 bits per heavy atom. The highest BCUT2D eigenvalue weighted by Gasteiger charge is 2.28. The van der Waals surface area contributed by atoms with Crippen LogP contribution >= 0.6 is 0 Å². The topological polar surface area (TPSA) is 26.0 Å². The van der Waals surface area contributed by atoms with Crippen molar-refractivity contribution in [2.45, 2.75) is 52.4 Å². The summed E-state index contributed by atoms with van der Waals surface area (Å²) in [6.07, 6.45) is 0. The zero-order valence-corrected chi connectivity index (χ0v) is 14.1. The molecule has 0 aliphatic carbocycles. The Morgan fingerprint density at radius 2 is 1.33 bits per heavy atom. The molecule has 0 bridgehead atoms. The van der Waals surface area contributed by atoms with E-state index in [0.29, 0.717) is 0 Å². The van der Waals surface area contributed by atoms with Crippen LogP contribution in [0.5, 0.6) is 0 Å². The van der Waals surface area contributed by atoms with E-state index in [9.17, 15) is 0 Å². The number of nitrogens with two attached hydrogens (primary N) is 1. The first-order valence-electron chi connectivity index (χ1n) is 7.60. The van der Waals surface area contributed by atoms with Crippen molar-refractivity contribution >= 4 is 5.69 Å². The van der Waals surface area contributed by atoms with E-state index in [-0.39, 0.29) is 10.8 Å². The number of nitrogen functional groups attached to an aromatic ring is 1. The SMILES string of the molecule is CC(C)(C)c1cc(N)cc(-c2ccccc2)c1C(C)(C)C. The molecule has 0 amide bonds. The van der Waals surface area contributed by atoms with Gasteiger partial charge in [0.05, 0.1) is 0 Å². The maximum Gasteiger partial charge on any atom is 0.0323 e. The van der Waals surface area contributed by atoms with Crippen molar-refractivity contribution in [3.8, 4) is 11.1 Å². The summed E-state index contributed by atoms with van der Waals surface area (Å²) in [4.78, 5) is 0. The van der Waals surface area contributed by atoms with Crippen LogP contribution in [0.25, 0.3) is 11.1 Å². The average Bonchev–Trinajstić information content (AvgIpc) is 2.36. The summed E-state index contributed by atoms with van der Waals surface area (Å²) in [6, 6.07) is 14.8. The first-order chi connectivity index (χ1) is 9.60. The fraction of sp³-hybridized carbons (Fsp3) is 0.400. The highest BCUT2D eigenvalue weighted by Crippen LogP contribution is 2.41. The maximum absolute atomic E-state index is 6.21. The Kier molecular flexibility index (Phi) is 3.88. The van der Waals surface area contributed by atoms with Crippen molar-refractivity contribution in [3.05, 3.63) is 53.6 Å². The minimum atomic E-state index is 0.0709. The van der Waals surface area contributed by atoms with Crippen molar-refractivity contribution in [2.75, 3.05) is 5.73 Å². The molecule has 0 atom stereocenters. The number of hydrogen-bond donors (Lipinski definition) is 1. The normalized spacial score (nSPS) is 12.5. The van der Waals surface area contributed by atoms with E-state index in [1.165, 1.54) is 22.3 Å². The lowest BCUT2D eigenvalue weighted by molar-refractivity contribution is 0.532. The van der Waals surface area contributed by atoms with Crippen molar-refractivity contribution in [3.63, 3.8) is 0 Å². The van der Waals surface area contributed by atoms with Crippen LogP contribution in [-0.2, 0) is 10.8 Å². The highest BCUT2D eigenvalue weighted by atomic mass is 14.6. The average molecular weight is 281 g/mol. The fourth-order valence-corrected chi connectivity index (χ4v) is 2.91. The Labute approximate surface area is 129 Å². The molecule has 0 saturated heterocycles. The Morgan fingerprint density at radius 1 is 0.762 bits per heavy atom. The van der Waals surface area contributed by atoms with E-state index in [2.05, 4.69) is 84.0 Å². The summed E-state index contributed by atoms with van der Waals surface area (Å²) < 4.78 is 0. The van der Waals surface area contributed by atoms with Gasteiger partial charge in [-0.05, 0) is 45.2 Å². The molecule has 0 saturated carbocycles. The van der Waals surface area contributed by atoms with E-state index in [4.69, 9.17) is 5.73 Å². The lowest BCUT2D eigenvalue weighted by atomic mass is 9.72. The second kappa shape index (κ2) is 5.22.